The first-order chi connectivity index (χ1) is 12.4. The van der Waals surface area contributed by atoms with Crippen LogP contribution in [0.5, 0.6) is 0 Å². The number of aliphatic hydroxyl groups is 1. The number of thioether (sulfide) groups is 1. The molecule has 1 aromatic carbocycles. The lowest BCUT2D eigenvalue weighted by molar-refractivity contribution is 0.181. The van der Waals surface area contributed by atoms with Gasteiger partial charge in [0.1, 0.15) is 5.82 Å². The van der Waals surface area contributed by atoms with Gasteiger partial charge in [0.15, 0.2) is 0 Å². The van der Waals surface area contributed by atoms with Gasteiger partial charge in [0.2, 0.25) is 0 Å². The van der Waals surface area contributed by atoms with Gasteiger partial charge in [-0.15, -0.1) is 11.8 Å². The molecule has 0 saturated heterocycles. The number of nitrogens with zero attached hydrogens (tertiary/aromatic N) is 2. The molecule has 1 fully saturated rings. The predicted molar refractivity (Wildman–Crippen MR) is 109 cm³/mol. The summed E-state index contributed by atoms with van der Waals surface area (Å²) in [6.07, 6.45) is 4.95. The van der Waals surface area contributed by atoms with Crippen molar-refractivity contribution in [2.45, 2.75) is 75.3 Å². The third-order valence-electron chi connectivity index (χ3n) is 5.41. The molecule has 2 heterocycles. The summed E-state index contributed by atoms with van der Waals surface area (Å²) in [6.45, 7) is 6.57. The maximum absolute atomic E-state index is 9.91. The number of hydrogen-bond donors (Lipinski definition) is 2. The largest absolute Gasteiger partial charge is 0.393 e. The quantitative estimate of drug-likeness (QED) is 0.793. The van der Waals surface area contributed by atoms with E-state index in [1.165, 1.54) is 28.3 Å². The van der Waals surface area contributed by atoms with Crippen molar-refractivity contribution in [3.05, 3.63) is 35.5 Å². The predicted octanol–water partition coefficient (Wildman–Crippen LogP) is 5.05. The molecular weight excluding hydrogens is 342 g/mol. The van der Waals surface area contributed by atoms with Crippen LogP contribution in [-0.2, 0) is 12.0 Å². The van der Waals surface area contributed by atoms with Crippen molar-refractivity contribution in [1.82, 2.24) is 9.78 Å². The molecule has 1 aliphatic carbocycles. The van der Waals surface area contributed by atoms with Gasteiger partial charge in [0.05, 0.1) is 17.3 Å². The summed E-state index contributed by atoms with van der Waals surface area (Å²) < 4.78 is 2.11. The molecular formula is C21H29N3OS. The van der Waals surface area contributed by atoms with Gasteiger partial charge in [0.25, 0.3) is 0 Å². The van der Waals surface area contributed by atoms with Crippen LogP contribution in [0.3, 0.4) is 0 Å². The van der Waals surface area contributed by atoms with E-state index in [2.05, 4.69) is 55.0 Å². The van der Waals surface area contributed by atoms with Crippen LogP contribution in [0.25, 0.3) is 0 Å². The van der Waals surface area contributed by atoms with E-state index < -0.39 is 0 Å². The van der Waals surface area contributed by atoms with Gasteiger partial charge >= 0.3 is 0 Å². The molecule has 26 heavy (non-hydrogen) atoms. The first-order valence-corrected chi connectivity index (χ1v) is 10.7. The summed E-state index contributed by atoms with van der Waals surface area (Å²) in [4.78, 5) is 1.40. The van der Waals surface area contributed by atoms with Crippen LogP contribution in [0.15, 0.2) is 29.2 Å². The highest BCUT2D eigenvalue weighted by atomic mass is 32.2. The Labute approximate surface area is 160 Å². The number of benzene rings is 1. The average molecular weight is 372 g/mol. The number of aromatic nitrogens is 2. The molecule has 4 nitrogen and oxygen atoms in total. The van der Waals surface area contributed by atoms with E-state index in [0.29, 0.717) is 5.92 Å². The second kappa shape index (κ2) is 6.93. The summed E-state index contributed by atoms with van der Waals surface area (Å²) in [5, 5.41) is 18.5. The number of anilines is 2. The first kappa shape index (κ1) is 17.9. The molecule has 1 saturated carbocycles. The Kier molecular flexibility index (Phi) is 4.78. The molecule has 0 bridgehead atoms. The molecule has 2 aromatic rings. The van der Waals surface area contributed by atoms with E-state index in [-0.39, 0.29) is 11.6 Å². The fourth-order valence-electron chi connectivity index (χ4n) is 4.07. The molecule has 0 unspecified atom stereocenters. The zero-order valence-electron chi connectivity index (χ0n) is 16.0. The number of fused-ring (bicyclic) bond motifs is 1. The lowest BCUT2D eigenvalue weighted by atomic mass is 10.0. The highest BCUT2D eigenvalue weighted by Gasteiger charge is 2.29. The van der Waals surface area contributed by atoms with Crippen molar-refractivity contribution < 1.29 is 5.11 Å². The average Bonchev–Trinajstić information content (AvgIpc) is 3.21. The van der Waals surface area contributed by atoms with Crippen molar-refractivity contribution in [1.29, 1.82) is 0 Å². The van der Waals surface area contributed by atoms with Crippen molar-refractivity contribution in [2.24, 2.45) is 0 Å². The SMILES string of the molecule is CC(C)(C)n1nc([C@H]2CC[C@@H](O)C2)cc1Nc1cccc2c1CCCS2. The van der Waals surface area contributed by atoms with Gasteiger partial charge in [-0.05, 0) is 76.3 Å². The summed E-state index contributed by atoms with van der Waals surface area (Å²) in [6, 6.07) is 8.76. The molecule has 0 radical (unpaired) electrons. The molecule has 2 aliphatic rings. The van der Waals surface area contributed by atoms with Crippen molar-refractivity contribution in [3.8, 4) is 0 Å². The Morgan fingerprint density at radius 3 is 2.85 bits per heavy atom. The van der Waals surface area contributed by atoms with E-state index in [4.69, 9.17) is 5.10 Å². The summed E-state index contributed by atoms with van der Waals surface area (Å²) in [5.41, 5.74) is 3.65. The molecule has 4 rings (SSSR count). The second-order valence-corrected chi connectivity index (χ2v) is 9.70. The number of aliphatic hydroxyl groups excluding tert-OH is 1. The number of nitrogens with one attached hydrogen (secondary N) is 1. The van der Waals surface area contributed by atoms with Crippen LogP contribution in [-0.4, -0.2) is 26.7 Å². The number of hydrogen-bond acceptors (Lipinski definition) is 4. The molecule has 1 aromatic heterocycles. The van der Waals surface area contributed by atoms with Crippen LogP contribution in [0.1, 0.15) is 63.6 Å². The smallest absolute Gasteiger partial charge is 0.129 e. The minimum absolute atomic E-state index is 0.0958. The molecule has 140 valence electrons. The summed E-state index contributed by atoms with van der Waals surface area (Å²) >= 11 is 1.96. The zero-order valence-corrected chi connectivity index (χ0v) is 16.8. The molecule has 0 amide bonds. The van der Waals surface area contributed by atoms with Gasteiger partial charge in [-0.3, -0.25) is 0 Å². The van der Waals surface area contributed by atoms with Gasteiger partial charge < -0.3 is 10.4 Å². The van der Waals surface area contributed by atoms with E-state index in [1.807, 2.05) is 11.8 Å². The maximum atomic E-state index is 9.91. The lowest BCUT2D eigenvalue weighted by Gasteiger charge is -2.24. The monoisotopic (exact) mass is 371 g/mol. The van der Waals surface area contributed by atoms with Crippen LogP contribution >= 0.6 is 11.8 Å². The highest BCUT2D eigenvalue weighted by molar-refractivity contribution is 7.99. The minimum Gasteiger partial charge on any atom is -0.393 e. The standard InChI is InChI=1S/C21H29N3OS/c1-21(2,3)24-20(13-18(23-24)14-9-10-15(25)12-14)22-17-7-4-8-19-16(17)6-5-11-26-19/h4,7-8,13-15,22,25H,5-6,9-12H2,1-3H3/t14-,15+/m0/s1. The van der Waals surface area contributed by atoms with Crippen molar-refractivity contribution in [3.63, 3.8) is 0 Å². The Morgan fingerprint density at radius 1 is 1.27 bits per heavy atom. The lowest BCUT2D eigenvalue weighted by Crippen LogP contribution is -2.25. The third kappa shape index (κ3) is 3.52. The van der Waals surface area contributed by atoms with Crippen molar-refractivity contribution >= 4 is 23.3 Å². The summed E-state index contributed by atoms with van der Waals surface area (Å²) in [5.74, 6) is 2.64. The van der Waals surface area contributed by atoms with E-state index in [9.17, 15) is 5.11 Å². The van der Waals surface area contributed by atoms with E-state index in [1.54, 1.807) is 0 Å². The number of rotatable bonds is 3. The molecule has 1 aliphatic heterocycles. The van der Waals surface area contributed by atoms with Crippen LogP contribution in [0, 0.1) is 0 Å². The zero-order chi connectivity index (χ0) is 18.3. The molecule has 2 N–H and O–H groups in total. The Hall–Kier alpha value is -1.46. The Balaban J connectivity index is 1.68. The van der Waals surface area contributed by atoms with E-state index in [0.717, 1.165) is 37.2 Å². The second-order valence-electron chi connectivity index (χ2n) is 8.56. The fourth-order valence-corrected chi connectivity index (χ4v) is 5.14. The van der Waals surface area contributed by atoms with Gasteiger partial charge in [-0.1, -0.05) is 6.07 Å². The third-order valence-corrected chi connectivity index (χ3v) is 6.60. The van der Waals surface area contributed by atoms with E-state index >= 15 is 0 Å². The molecule has 2 atom stereocenters. The normalized spacial score (nSPS) is 23.1. The highest BCUT2D eigenvalue weighted by Crippen LogP contribution is 2.39. The summed E-state index contributed by atoms with van der Waals surface area (Å²) in [7, 11) is 0. The van der Waals surface area contributed by atoms with Crippen LogP contribution in [0.4, 0.5) is 11.5 Å². The van der Waals surface area contributed by atoms with Gasteiger partial charge in [-0.2, -0.15) is 5.10 Å². The van der Waals surface area contributed by atoms with Gasteiger partial charge in [-0.25, -0.2) is 4.68 Å². The van der Waals surface area contributed by atoms with Crippen LogP contribution < -0.4 is 5.32 Å². The van der Waals surface area contributed by atoms with Gasteiger partial charge in [0, 0.05) is 22.6 Å². The molecule has 5 heteroatoms. The Bertz CT molecular complexity index is 793. The topological polar surface area (TPSA) is 50.1 Å². The molecule has 0 spiro atoms. The van der Waals surface area contributed by atoms with Crippen LogP contribution in [0.2, 0.25) is 0 Å². The first-order valence-electron chi connectivity index (χ1n) is 9.72. The minimum atomic E-state index is -0.172. The maximum Gasteiger partial charge on any atom is 0.129 e. The Morgan fingerprint density at radius 2 is 2.12 bits per heavy atom. The fraction of sp³-hybridized carbons (Fsp3) is 0.571. The van der Waals surface area contributed by atoms with Crippen molar-refractivity contribution in [2.75, 3.05) is 11.1 Å².